The number of carboxylic acid groups (broad SMARTS) is 1. The van der Waals surface area contributed by atoms with Crippen LogP contribution in [0.4, 0.5) is 5.82 Å². The molecule has 0 spiro atoms. The van der Waals surface area contributed by atoms with Crippen LogP contribution in [0.15, 0.2) is 12.4 Å². The molecule has 19 heavy (non-hydrogen) atoms. The van der Waals surface area contributed by atoms with Crippen molar-refractivity contribution >= 4 is 11.8 Å². The number of hydrogen-bond donors (Lipinski definition) is 1. The van der Waals surface area contributed by atoms with E-state index in [4.69, 9.17) is 5.11 Å². The Morgan fingerprint density at radius 1 is 1.42 bits per heavy atom. The fraction of sp³-hybridized carbons (Fsp3) is 0.615. The van der Waals surface area contributed by atoms with E-state index in [0.717, 1.165) is 32.5 Å². The summed E-state index contributed by atoms with van der Waals surface area (Å²) in [4.78, 5) is 23.6. The molecule has 0 atom stereocenters. The van der Waals surface area contributed by atoms with Crippen molar-refractivity contribution in [3.63, 3.8) is 0 Å². The molecule has 6 heteroatoms. The Morgan fingerprint density at radius 2 is 2.05 bits per heavy atom. The summed E-state index contributed by atoms with van der Waals surface area (Å²) >= 11 is 0. The zero-order valence-electron chi connectivity index (χ0n) is 11.4. The van der Waals surface area contributed by atoms with E-state index in [1.165, 1.54) is 6.20 Å². The lowest BCUT2D eigenvalue weighted by Gasteiger charge is -2.37. The van der Waals surface area contributed by atoms with Crippen LogP contribution in [0.1, 0.15) is 30.3 Å². The van der Waals surface area contributed by atoms with E-state index in [9.17, 15) is 4.79 Å². The average Bonchev–Trinajstić information content (AvgIpc) is 2.46. The number of nitrogens with zero attached hydrogens (tertiary/aromatic N) is 4. The van der Waals surface area contributed by atoms with E-state index in [1.807, 2.05) is 11.9 Å². The molecule has 0 aromatic carbocycles. The molecule has 1 aliphatic rings. The van der Waals surface area contributed by atoms with Crippen LogP contribution in [0.2, 0.25) is 0 Å². The fourth-order valence-electron chi connectivity index (χ4n) is 2.54. The third-order valence-electron chi connectivity index (χ3n) is 3.77. The van der Waals surface area contributed by atoms with Crippen molar-refractivity contribution in [3.8, 4) is 0 Å². The van der Waals surface area contributed by atoms with Crippen LogP contribution < -0.4 is 4.90 Å². The summed E-state index contributed by atoms with van der Waals surface area (Å²) in [7, 11) is 1.91. The number of rotatable bonds is 4. The molecule has 0 unspecified atom stereocenters. The highest BCUT2D eigenvalue weighted by Crippen LogP contribution is 2.22. The quantitative estimate of drug-likeness (QED) is 0.878. The molecule has 0 saturated carbocycles. The van der Waals surface area contributed by atoms with Crippen molar-refractivity contribution in [2.75, 3.05) is 31.6 Å². The molecule has 0 aliphatic carbocycles. The first kappa shape index (κ1) is 13.7. The van der Waals surface area contributed by atoms with Crippen molar-refractivity contribution in [1.29, 1.82) is 0 Å². The van der Waals surface area contributed by atoms with Crippen molar-refractivity contribution < 1.29 is 9.90 Å². The number of carboxylic acids is 1. The lowest BCUT2D eigenvalue weighted by molar-refractivity contribution is 0.0690. The van der Waals surface area contributed by atoms with Crippen LogP contribution in [-0.4, -0.2) is 58.7 Å². The van der Waals surface area contributed by atoms with Crippen LogP contribution in [0.3, 0.4) is 0 Å². The van der Waals surface area contributed by atoms with Gasteiger partial charge in [-0.15, -0.1) is 0 Å². The van der Waals surface area contributed by atoms with Gasteiger partial charge < -0.3 is 14.9 Å². The summed E-state index contributed by atoms with van der Waals surface area (Å²) in [5.41, 5.74) is 0.0305. The molecule has 0 bridgehead atoms. The smallest absolute Gasteiger partial charge is 0.358 e. The van der Waals surface area contributed by atoms with Gasteiger partial charge in [0.2, 0.25) is 0 Å². The van der Waals surface area contributed by atoms with Crippen molar-refractivity contribution in [1.82, 2.24) is 14.9 Å². The minimum atomic E-state index is -1.03. The highest BCUT2D eigenvalue weighted by atomic mass is 16.4. The van der Waals surface area contributed by atoms with E-state index in [-0.39, 0.29) is 5.69 Å². The van der Waals surface area contributed by atoms with Gasteiger partial charge in [-0.05, 0) is 19.4 Å². The highest BCUT2D eigenvalue weighted by Gasteiger charge is 2.25. The van der Waals surface area contributed by atoms with Gasteiger partial charge in [-0.1, -0.05) is 6.92 Å². The van der Waals surface area contributed by atoms with E-state index in [1.54, 1.807) is 6.20 Å². The molecule has 104 valence electrons. The summed E-state index contributed by atoms with van der Waals surface area (Å²) < 4.78 is 0. The van der Waals surface area contributed by atoms with Crippen LogP contribution in [-0.2, 0) is 0 Å². The summed E-state index contributed by atoms with van der Waals surface area (Å²) in [6.45, 7) is 5.33. The molecule has 0 amide bonds. The molecule has 1 N–H and O–H groups in total. The van der Waals surface area contributed by atoms with Gasteiger partial charge in [0.1, 0.15) is 0 Å². The van der Waals surface area contributed by atoms with Crippen LogP contribution in [0.25, 0.3) is 0 Å². The SMILES string of the molecule is CCN1CCC(N(C)c2nccnc2C(=O)O)CC1. The Labute approximate surface area is 113 Å². The number of aromatic carboxylic acids is 1. The van der Waals surface area contributed by atoms with Gasteiger partial charge in [0.25, 0.3) is 0 Å². The number of aromatic nitrogens is 2. The van der Waals surface area contributed by atoms with Crippen LogP contribution in [0, 0.1) is 0 Å². The normalized spacial score (nSPS) is 17.4. The van der Waals surface area contributed by atoms with Gasteiger partial charge in [-0.2, -0.15) is 0 Å². The van der Waals surface area contributed by atoms with Crippen molar-refractivity contribution in [2.24, 2.45) is 0 Å². The predicted molar refractivity (Wildman–Crippen MR) is 72.5 cm³/mol. The third kappa shape index (κ3) is 3.01. The second kappa shape index (κ2) is 5.97. The number of hydrogen-bond acceptors (Lipinski definition) is 5. The van der Waals surface area contributed by atoms with Gasteiger partial charge in [-0.3, -0.25) is 0 Å². The third-order valence-corrected chi connectivity index (χ3v) is 3.77. The van der Waals surface area contributed by atoms with Gasteiger partial charge in [0.15, 0.2) is 11.5 Å². The maximum Gasteiger partial charge on any atom is 0.358 e. The molecule has 1 fully saturated rings. The standard InChI is InChI=1S/C13H20N4O2/c1-3-17-8-4-10(5-9-17)16(2)12-11(13(18)19)14-6-7-15-12/h6-7,10H,3-5,8-9H2,1-2H3,(H,18,19). The Hall–Kier alpha value is -1.69. The van der Waals surface area contributed by atoms with Crippen LogP contribution in [0.5, 0.6) is 0 Å². The van der Waals surface area contributed by atoms with Crippen molar-refractivity contribution in [3.05, 3.63) is 18.1 Å². The summed E-state index contributed by atoms with van der Waals surface area (Å²) in [6.07, 6.45) is 5.01. The summed E-state index contributed by atoms with van der Waals surface area (Å²) in [6, 6.07) is 0.331. The van der Waals surface area contributed by atoms with Crippen molar-refractivity contribution in [2.45, 2.75) is 25.8 Å². The minimum absolute atomic E-state index is 0.0305. The molecular weight excluding hydrogens is 244 g/mol. The summed E-state index contributed by atoms with van der Waals surface area (Å²) in [5.74, 6) is -0.564. The van der Waals surface area contributed by atoms with Gasteiger partial charge >= 0.3 is 5.97 Å². The Morgan fingerprint density at radius 3 is 2.63 bits per heavy atom. The summed E-state index contributed by atoms with van der Waals surface area (Å²) in [5, 5.41) is 9.16. The van der Waals surface area contributed by atoms with E-state index in [0.29, 0.717) is 11.9 Å². The minimum Gasteiger partial charge on any atom is -0.476 e. The number of piperidine rings is 1. The Kier molecular flexibility index (Phi) is 4.31. The molecule has 1 aromatic rings. The van der Waals surface area contributed by atoms with Gasteiger partial charge in [-0.25, -0.2) is 14.8 Å². The monoisotopic (exact) mass is 264 g/mol. The molecule has 0 radical (unpaired) electrons. The lowest BCUT2D eigenvalue weighted by Crippen LogP contribution is -2.44. The second-order valence-corrected chi connectivity index (χ2v) is 4.81. The Balaban J connectivity index is 2.12. The average molecular weight is 264 g/mol. The molecule has 1 saturated heterocycles. The zero-order chi connectivity index (χ0) is 13.8. The maximum atomic E-state index is 11.2. The number of carbonyl (C=O) groups is 1. The lowest BCUT2D eigenvalue weighted by atomic mass is 10.0. The molecule has 6 nitrogen and oxygen atoms in total. The molecular formula is C13H20N4O2. The van der Waals surface area contributed by atoms with E-state index < -0.39 is 5.97 Å². The molecule has 2 rings (SSSR count). The second-order valence-electron chi connectivity index (χ2n) is 4.81. The number of anilines is 1. The maximum absolute atomic E-state index is 11.2. The van der Waals surface area contributed by atoms with Crippen LogP contribution >= 0.6 is 0 Å². The topological polar surface area (TPSA) is 69.6 Å². The zero-order valence-corrected chi connectivity index (χ0v) is 11.4. The molecule has 1 aromatic heterocycles. The van der Waals surface area contributed by atoms with Gasteiger partial charge in [0, 0.05) is 38.6 Å². The highest BCUT2D eigenvalue weighted by molar-refractivity contribution is 5.90. The fourth-order valence-corrected chi connectivity index (χ4v) is 2.54. The van der Waals surface area contributed by atoms with E-state index in [2.05, 4.69) is 21.8 Å². The first-order chi connectivity index (χ1) is 9.13. The Bertz CT molecular complexity index is 444. The largest absolute Gasteiger partial charge is 0.476 e. The predicted octanol–water partition coefficient (Wildman–Crippen LogP) is 1.10. The molecule has 2 heterocycles. The first-order valence-electron chi connectivity index (χ1n) is 6.63. The molecule has 1 aliphatic heterocycles. The first-order valence-corrected chi connectivity index (χ1v) is 6.63. The van der Waals surface area contributed by atoms with E-state index >= 15 is 0 Å². The number of likely N-dealkylation sites (tertiary alicyclic amines) is 1. The van der Waals surface area contributed by atoms with Gasteiger partial charge in [0.05, 0.1) is 0 Å².